The molecule has 22 heavy (non-hydrogen) atoms. The SMILES string of the molecule is CCCC(C)(NC(=O)Cc1ccc2ccccc2c1)C(=O)O. The highest BCUT2D eigenvalue weighted by atomic mass is 16.4. The van der Waals surface area contributed by atoms with Crippen molar-refractivity contribution in [3.63, 3.8) is 0 Å². The lowest BCUT2D eigenvalue weighted by Crippen LogP contribution is -2.52. The van der Waals surface area contributed by atoms with E-state index >= 15 is 0 Å². The average molecular weight is 299 g/mol. The fourth-order valence-electron chi connectivity index (χ4n) is 2.61. The van der Waals surface area contributed by atoms with Gasteiger partial charge in [-0.25, -0.2) is 4.79 Å². The molecule has 2 rings (SSSR count). The van der Waals surface area contributed by atoms with Crippen molar-refractivity contribution in [3.05, 3.63) is 48.0 Å². The van der Waals surface area contributed by atoms with Crippen LogP contribution in [-0.4, -0.2) is 22.5 Å². The average Bonchev–Trinajstić information content (AvgIpc) is 2.47. The second kappa shape index (κ2) is 6.60. The minimum absolute atomic E-state index is 0.178. The van der Waals surface area contributed by atoms with Crippen LogP contribution in [0.1, 0.15) is 32.3 Å². The molecule has 0 aromatic heterocycles. The number of carboxylic acids is 1. The topological polar surface area (TPSA) is 66.4 Å². The molecule has 2 aromatic carbocycles. The second-order valence-electron chi connectivity index (χ2n) is 5.79. The van der Waals surface area contributed by atoms with Crippen LogP contribution in [0.25, 0.3) is 10.8 Å². The summed E-state index contributed by atoms with van der Waals surface area (Å²) in [5, 5.41) is 14.1. The molecular formula is C18H21NO3. The van der Waals surface area contributed by atoms with E-state index in [1.165, 1.54) is 0 Å². The first-order valence-corrected chi connectivity index (χ1v) is 7.47. The molecule has 0 heterocycles. The molecule has 1 unspecified atom stereocenters. The Morgan fingerprint density at radius 1 is 1.14 bits per heavy atom. The highest BCUT2D eigenvalue weighted by Crippen LogP contribution is 2.17. The van der Waals surface area contributed by atoms with E-state index in [2.05, 4.69) is 5.32 Å². The number of benzene rings is 2. The molecule has 0 bridgehead atoms. The van der Waals surface area contributed by atoms with Crippen molar-refractivity contribution in [1.29, 1.82) is 0 Å². The fraction of sp³-hybridized carbons (Fsp3) is 0.333. The number of hydrogen-bond acceptors (Lipinski definition) is 2. The number of aliphatic carboxylic acids is 1. The van der Waals surface area contributed by atoms with Gasteiger partial charge in [-0.15, -0.1) is 0 Å². The van der Waals surface area contributed by atoms with Gasteiger partial charge in [-0.1, -0.05) is 55.8 Å². The van der Waals surface area contributed by atoms with E-state index in [4.69, 9.17) is 0 Å². The van der Waals surface area contributed by atoms with Gasteiger partial charge < -0.3 is 10.4 Å². The number of hydrogen-bond donors (Lipinski definition) is 2. The molecule has 0 aliphatic rings. The van der Waals surface area contributed by atoms with E-state index in [1.54, 1.807) is 6.92 Å². The third-order valence-electron chi connectivity index (χ3n) is 3.82. The lowest BCUT2D eigenvalue weighted by molar-refractivity contribution is -0.147. The van der Waals surface area contributed by atoms with Crippen LogP contribution in [-0.2, 0) is 16.0 Å². The third kappa shape index (κ3) is 3.64. The zero-order chi connectivity index (χ0) is 16.2. The van der Waals surface area contributed by atoms with Gasteiger partial charge in [0.1, 0.15) is 5.54 Å². The van der Waals surface area contributed by atoms with Gasteiger partial charge in [0.2, 0.25) is 5.91 Å². The number of carbonyl (C=O) groups excluding carboxylic acids is 1. The first kappa shape index (κ1) is 16.0. The molecule has 2 aromatic rings. The molecule has 4 heteroatoms. The van der Waals surface area contributed by atoms with Crippen molar-refractivity contribution in [3.8, 4) is 0 Å². The minimum Gasteiger partial charge on any atom is -0.480 e. The van der Waals surface area contributed by atoms with Gasteiger partial charge in [-0.05, 0) is 29.7 Å². The summed E-state index contributed by atoms with van der Waals surface area (Å²) in [7, 11) is 0. The smallest absolute Gasteiger partial charge is 0.329 e. The molecule has 0 spiro atoms. The highest BCUT2D eigenvalue weighted by molar-refractivity contribution is 5.89. The van der Waals surface area contributed by atoms with Crippen LogP contribution in [0.2, 0.25) is 0 Å². The van der Waals surface area contributed by atoms with Crippen LogP contribution in [0.4, 0.5) is 0 Å². The number of rotatable bonds is 6. The lowest BCUT2D eigenvalue weighted by atomic mass is 9.95. The van der Waals surface area contributed by atoms with Gasteiger partial charge in [0.25, 0.3) is 0 Å². The summed E-state index contributed by atoms with van der Waals surface area (Å²) in [5.41, 5.74) is -0.330. The molecule has 1 amide bonds. The zero-order valence-electron chi connectivity index (χ0n) is 12.9. The Labute approximate surface area is 130 Å². The Bertz CT molecular complexity index is 696. The Morgan fingerprint density at radius 3 is 2.45 bits per heavy atom. The molecule has 0 fully saturated rings. The summed E-state index contributed by atoms with van der Waals surface area (Å²) >= 11 is 0. The highest BCUT2D eigenvalue weighted by Gasteiger charge is 2.33. The zero-order valence-corrected chi connectivity index (χ0v) is 12.9. The van der Waals surface area contributed by atoms with Crippen LogP contribution < -0.4 is 5.32 Å². The summed E-state index contributed by atoms with van der Waals surface area (Å²) in [5.74, 6) is -1.27. The summed E-state index contributed by atoms with van der Waals surface area (Å²) < 4.78 is 0. The van der Waals surface area contributed by atoms with Gasteiger partial charge in [-0.2, -0.15) is 0 Å². The van der Waals surface area contributed by atoms with Crippen LogP contribution in [0.3, 0.4) is 0 Å². The van der Waals surface area contributed by atoms with Crippen molar-refractivity contribution >= 4 is 22.6 Å². The van der Waals surface area contributed by atoms with E-state index in [0.717, 1.165) is 16.3 Å². The normalized spacial score (nSPS) is 13.5. The van der Waals surface area contributed by atoms with Gasteiger partial charge >= 0.3 is 5.97 Å². The molecule has 0 saturated heterocycles. The first-order chi connectivity index (χ1) is 10.4. The first-order valence-electron chi connectivity index (χ1n) is 7.47. The van der Waals surface area contributed by atoms with E-state index in [-0.39, 0.29) is 12.3 Å². The maximum absolute atomic E-state index is 12.2. The van der Waals surface area contributed by atoms with Crippen LogP contribution >= 0.6 is 0 Å². The molecule has 0 saturated carbocycles. The summed E-state index contributed by atoms with van der Waals surface area (Å²) in [6.07, 6.45) is 1.28. The fourth-order valence-corrected chi connectivity index (χ4v) is 2.61. The van der Waals surface area contributed by atoms with Gasteiger partial charge in [-0.3, -0.25) is 4.79 Å². The van der Waals surface area contributed by atoms with Crippen LogP contribution in [0.15, 0.2) is 42.5 Å². The maximum Gasteiger partial charge on any atom is 0.329 e. The van der Waals surface area contributed by atoms with E-state index in [9.17, 15) is 14.7 Å². The Balaban J connectivity index is 2.11. The molecule has 0 aliphatic heterocycles. The molecular weight excluding hydrogens is 278 g/mol. The monoisotopic (exact) mass is 299 g/mol. The van der Waals surface area contributed by atoms with Crippen molar-refractivity contribution in [1.82, 2.24) is 5.32 Å². The predicted molar refractivity (Wildman–Crippen MR) is 86.7 cm³/mol. The Kier molecular flexibility index (Phi) is 4.81. The quantitative estimate of drug-likeness (QED) is 0.861. The van der Waals surface area contributed by atoms with Gasteiger partial charge in [0, 0.05) is 0 Å². The van der Waals surface area contributed by atoms with Crippen molar-refractivity contribution in [2.24, 2.45) is 0 Å². The molecule has 1 atom stereocenters. The number of carboxylic acid groups (broad SMARTS) is 1. The summed E-state index contributed by atoms with van der Waals surface area (Å²) in [6.45, 7) is 3.45. The standard InChI is InChI=1S/C18H21NO3/c1-3-10-18(2,17(21)22)19-16(20)12-13-8-9-14-6-4-5-7-15(14)11-13/h4-9,11H,3,10,12H2,1-2H3,(H,19,20)(H,21,22). The predicted octanol–water partition coefficient (Wildman–Crippen LogP) is 3.14. The molecule has 116 valence electrons. The van der Waals surface area contributed by atoms with Crippen molar-refractivity contribution < 1.29 is 14.7 Å². The van der Waals surface area contributed by atoms with Crippen molar-refractivity contribution in [2.75, 3.05) is 0 Å². The second-order valence-corrected chi connectivity index (χ2v) is 5.79. The minimum atomic E-state index is -1.21. The summed E-state index contributed by atoms with van der Waals surface area (Å²) in [4.78, 5) is 23.5. The molecule has 2 N–H and O–H groups in total. The van der Waals surface area contributed by atoms with E-state index in [1.807, 2.05) is 49.4 Å². The molecule has 0 aliphatic carbocycles. The number of amides is 1. The van der Waals surface area contributed by atoms with E-state index in [0.29, 0.717) is 12.8 Å². The van der Waals surface area contributed by atoms with Crippen molar-refractivity contribution in [2.45, 2.75) is 38.6 Å². The Morgan fingerprint density at radius 2 is 1.82 bits per heavy atom. The Hall–Kier alpha value is -2.36. The molecule has 0 radical (unpaired) electrons. The van der Waals surface area contributed by atoms with Crippen LogP contribution in [0, 0.1) is 0 Å². The lowest BCUT2D eigenvalue weighted by Gasteiger charge is -2.25. The maximum atomic E-state index is 12.2. The van der Waals surface area contributed by atoms with Crippen LogP contribution in [0.5, 0.6) is 0 Å². The van der Waals surface area contributed by atoms with Gasteiger partial charge in [0.05, 0.1) is 6.42 Å². The molecule has 4 nitrogen and oxygen atoms in total. The van der Waals surface area contributed by atoms with Gasteiger partial charge in [0.15, 0.2) is 0 Å². The largest absolute Gasteiger partial charge is 0.480 e. The number of carbonyl (C=O) groups is 2. The summed E-state index contributed by atoms with van der Waals surface area (Å²) in [6, 6.07) is 13.8. The van der Waals surface area contributed by atoms with E-state index < -0.39 is 11.5 Å². The third-order valence-corrected chi connectivity index (χ3v) is 3.82. The number of nitrogens with one attached hydrogen (secondary N) is 1. The number of fused-ring (bicyclic) bond motifs is 1.